The molecule has 0 aliphatic heterocycles. The first kappa shape index (κ1) is 21.7. The first-order valence-corrected chi connectivity index (χ1v) is 10.9. The minimum Gasteiger partial charge on any atom is -0.401 e. The van der Waals surface area contributed by atoms with Crippen LogP contribution in [0, 0.1) is 6.92 Å². The number of carbonyl (C=O) groups is 1. The summed E-state index contributed by atoms with van der Waals surface area (Å²) in [5, 5.41) is 14.4. The summed E-state index contributed by atoms with van der Waals surface area (Å²) in [5.74, 6) is -0.309. The Kier molecular flexibility index (Phi) is 6.32. The van der Waals surface area contributed by atoms with Gasteiger partial charge in [0.15, 0.2) is 0 Å². The van der Waals surface area contributed by atoms with Gasteiger partial charge in [-0.3, -0.25) is 14.8 Å². The number of unbranched alkanes of at least 4 members (excludes halogenated alkanes) is 1. The zero-order chi connectivity index (χ0) is 21.9. The summed E-state index contributed by atoms with van der Waals surface area (Å²) in [4.78, 5) is 12.6. The minimum atomic E-state index is -3.59. The predicted molar refractivity (Wildman–Crippen MR) is 110 cm³/mol. The molecule has 0 atom stereocenters. The third-order valence-corrected chi connectivity index (χ3v) is 6.50. The molecule has 0 fully saturated rings. The molecule has 2 aromatic heterocycles. The molecule has 3 aromatic rings. The van der Waals surface area contributed by atoms with Crippen LogP contribution in [0.15, 0.2) is 39.6 Å². The molecule has 3 rings (SSSR count). The molecule has 0 spiro atoms. The summed E-state index contributed by atoms with van der Waals surface area (Å²) in [5.41, 5.74) is 1.69. The Bertz CT molecular complexity index is 1110. The number of carbonyl (C=O) groups excluding carboxylic acids is 1. The van der Waals surface area contributed by atoms with Crippen molar-refractivity contribution in [2.75, 3.05) is 18.9 Å². The van der Waals surface area contributed by atoms with E-state index < -0.39 is 15.9 Å². The summed E-state index contributed by atoms with van der Waals surface area (Å²) < 4.78 is 33.5. The van der Waals surface area contributed by atoms with Crippen molar-refractivity contribution in [2.24, 2.45) is 7.05 Å². The van der Waals surface area contributed by atoms with Crippen molar-refractivity contribution in [1.82, 2.24) is 24.3 Å². The summed E-state index contributed by atoms with van der Waals surface area (Å²) in [7, 11) is -0.251. The molecule has 10 nitrogen and oxygen atoms in total. The number of aromatic nitrogens is 4. The largest absolute Gasteiger partial charge is 0.401 e. The topological polar surface area (TPSA) is 123 Å². The smallest absolute Gasteiger partial charge is 0.322 e. The van der Waals surface area contributed by atoms with Crippen LogP contribution in [0.2, 0.25) is 0 Å². The van der Waals surface area contributed by atoms with Gasteiger partial charge in [0, 0.05) is 31.9 Å². The SMILES string of the molecule is CCCCN(C)S(=O)(=O)c1ccc(C(=O)Nc2nnc(-c3cc(C)n(C)n3)o2)cc1. The predicted octanol–water partition coefficient (Wildman–Crippen LogP) is 2.45. The van der Waals surface area contributed by atoms with Gasteiger partial charge in [-0.15, -0.1) is 5.10 Å². The molecule has 0 aliphatic rings. The highest BCUT2D eigenvalue weighted by atomic mass is 32.2. The third kappa shape index (κ3) is 4.57. The second kappa shape index (κ2) is 8.76. The normalized spacial score (nSPS) is 11.8. The number of aryl methyl sites for hydroxylation is 2. The molecule has 1 amide bonds. The maximum Gasteiger partial charge on any atom is 0.322 e. The van der Waals surface area contributed by atoms with E-state index in [0.29, 0.717) is 12.2 Å². The number of nitrogens with zero attached hydrogens (tertiary/aromatic N) is 5. The highest BCUT2D eigenvalue weighted by Crippen LogP contribution is 2.20. The van der Waals surface area contributed by atoms with E-state index in [1.807, 2.05) is 13.8 Å². The minimum absolute atomic E-state index is 0.0747. The van der Waals surface area contributed by atoms with Crippen LogP contribution in [-0.2, 0) is 17.1 Å². The molecule has 2 heterocycles. The van der Waals surface area contributed by atoms with Crippen molar-refractivity contribution in [3.8, 4) is 11.6 Å². The molecular weight excluding hydrogens is 408 g/mol. The number of benzene rings is 1. The van der Waals surface area contributed by atoms with Crippen LogP contribution in [0.4, 0.5) is 6.01 Å². The molecule has 0 bridgehead atoms. The Morgan fingerprint density at radius 1 is 1.23 bits per heavy atom. The molecule has 30 heavy (non-hydrogen) atoms. The molecule has 11 heteroatoms. The zero-order valence-electron chi connectivity index (χ0n) is 17.3. The van der Waals surface area contributed by atoms with Gasteiger partial charge in [0.25, 0.3) is 11.8 Å². The number of hydrogen-bond acceptors (Lipinski definition) is 7. The monoisotopic (exact) mass is 432 g/mol. The second-order valence-corrected chi connectivity index (χ2v) is 8.91. The van der Waals surface area contributed by atoms with Crippen LogP contribution in [0.5, 0.6) is 0 Å². The molecule has 160 valence electrons. The first-order valence-electron chi connectivity index (χ1n) is 9.44. The maximum atomic E-state index is 12.6. The van der Waals surface area contributed by atoms with Gasteiger partial charge in [0.2, 0.25) is 10.0 Å². The highest BCUT2D eigenvalue weighted by molar-refractivity contribution is 7.89. The van der Waals surface area contributed by atoms with Crippen molar-refractivity contribution in [1.29, 1.82) is 0 Å². The van der Waals surface area contributed by atoms with Crippen LogP contribution in [0.1, 0.15) is 35.8 Å². The van der Waals surface area contributed by atoms with Gasteiger partial charge in [-0.05, 0) is 43.7 Å². The maximum absolute atomic E-state index is 12.6. The van der Waals surface area contributed by atoms with Crippen molar-refractivity contribution in [3.63, 3.8) is 0 Å². The first-order chi connectivity index (χ1) is 14.2. The van der Waals surface area contributed by atoms with Crippen molar-refractivity contribution in [3.05, 3.63) is 41.6 Å². The number of amides is 1. The quantitative estimate of drug-likeness (QED) is 0.580. The average Bonchev–Trinajstić information content (AvgIpc) is 3.32. The molecule has 1 N–H and O–H groups in total. The van der Waals surface area contributed by atoms with E-state index in [1.54, 1.807) is 24.8 Å². The van der Waals surface area contributed by atoms with E-state index in [4.69, 9.17) is 4.42 Å². The third-order valence-electron chi connectivity index (χ3n) is 4.63. The Morgan fingerprint density at radius 2 is 1.93 bits per heavy atom. The summed E-state index contributed by atoms with van der Waals surface area (Å²) in [6.45, 7) is 4.33. The van der Waals surface area contributed by atoms with Gasteiger partial charge in [-0.1, -0.05) is 18.4 Å². The van der Waals surface area contributed by atoms with Gasteiger partial charge in [-0.25, -0.2) is 12.7 Å². The Labute approximate surface area is 175 Å². The number of sulfonamides is 1. The van der Waals surface area contributed by atoms with Gasteiger partial charge in [0.1, 0.15) is 5.69 Å². The van der Waals surface area contributed by atoms with E-state index >= 15 is 0 Å². The van der Waals surface area contributed by atoms with Crippen LogP contribution in [0.3, 0.4) is 0 Å². The summed E-state index contributed by atoms with van der Waals surface area (Å²) >= 11 is 0. The number of hydrogen-bond donors (Lipinski definition) is 1. The lowest BCUT2D eigenvalue weighted by Crippen LogP contribution is -2.28. The molecule has 1 aromatic carbocycles. The Hall–Kier alpha value is -3.05. The fourth-order valence-electron chi connectivity index (χ4n) is 2.67. The lowest BCUT2D eigenvalue weighted by atomic mass is 10.2. The van der Waals surface area contributed by atoms with Crippen LogP contribution in [-0.4, -0.2) is 52.2 Å². The standard InChI is InChI=1S/C19H24N6O4S/c1-5-6-11-24(3)30(27,28)15-9-7-14(8-10-15)17(26)20-19-22-21-18(29-19)16-12-13(2)25(4)23-16/h7-10,12H,5-6,11H2,1-4H3,(H,20,22,26). The van der Waals surface area contributed by atoms with Crippen LogP contribution < -0.4 is 5.32 Å². The molecule has 0 radical (unpaired) electrons. The number of anilines is 1. The zero-order valence-corrected chi connectivity index (χ0v) is 18.1. The van der Waals surface area contributed by atoms with E-state index in [2.05, 4.69) is 20.6 Å². The van der Waals surface area contributed by atoms with Crippen LogP contribution in [0.25, 0.3) is 11.6 Å². The fourth-order valence-corrected chi connectivity index (χ4v) is 3.88. The summed E-state index contributed by atoms with van der Waals surface area (Å²) in [6.07, 6.45) is 1.68. The molecule has 0 aliphatic carbocycles. The average molecular weight is 433 g/mol. The molecule has 0 saturated heterocycles. The van der Waals surface area contributed by atoms with E-state index in [1.165, 1.54) is 28.6 Å². The fraction of sp³-hybridized carbons (Fsp3) is 0.368. The highest BCUT2D eigenvalue weighted by Gasteiger charge is 2.21. The van der Waals surface area contributed by atoms with Gasteiger partial charge < -0.3 is 4.42 Å². The van der Waals surface area contributed by atoms with E-state index in [9.17, 15) is 13.2 Å². The molecule has 0 unspecified atom stereocenters. The molecule has 0 saturated carbocycles. The van der Waals surface area contributed by atoms with Crippen molar-refractivity contribution < 1.29 is 17.6 Å². The Morgan fingerprint density at radius 3 is 2.53 bits per heavy atom. The van der Waals surface area contributed by atoms with Gasteiger partial charge in [0.05, 0.1) is 4.90 Å². The van der Waals surface area contributed by atoms with Crippen LogP contribution >= 0.6 is 0 Å². The van der Waals surface area contributed by atoms with Gasteiger partial charge in [-0.2, -0.15) is 5.10 Å². The lowest BCUT2D eigenvalue weighted by molar-refractivity contribution is 0.102. The number of nitrogens with one attached hydrogen (secondary N) is 1. The Balaban J connectivity index is 1.69. The van der Waals surface area contributed by atoms with Crippen molar-refractivity contribution in [2.45, 2.75) is 31.6 Å². The van der Waals surface area contributed by atoms with Crippen molar-refractivity contribution >= 4 is 21.9 Å². The lowest BCUT2D eigenvalue weighted by Gasteiger charge is -2.16. The van der Waals surface area contributed by atoms with Gasteiger partial charge >= 0.3 is 6.01 Å². The summed E-state index contributed by atoms with van der Waals surface area (Å²) in [6, 6.07) is 7.40. The van der Waals surface area contributed by atoms with E-state index in [-0.39, 0.29) is 22.4 Å². The number of rotatable bonds is 8. The molecular formula is C19H24N6O4S. The van der Waals surface area contributed by atoms with E-state index in [0.717, 1.165) is 18.5 Å². The second-order valence-electron chi connectivity index (χ2n) is 6.87.